The molecule has 0 spiro atoms. The predicted molar refractivity (Wildman–Crippen MR) is 37.5 cm³/mol. The summed E-state index contributed by atoms with van der Waals surface area (Å²) in [5, 5.41) is 3.31. The summed E-state index contributed by atoms with van der Waals surface area (Å²) in [6.45, 7) is 0.808. The molecule has 0 unspecified atom stereocenters. The Balaban J connectivity index is 2.42. The maximum atomic E-state index is 12.1. The van der Waals surface area contributed by atoms with Gasteiger partial charge in [-0.2, -0.15) is 13.2 Å². The van der Waals surface area contributed by atoms with Crippen LogP contribution in [-0.4, -0.2) is 27.5 Å². The Kier molecular flexibility index (Phi) is 1.61. The second-order valence-electron chi connectivity index (χ2n) is 2.55. The van der Waals surface area contributed by atoms with E-state index in [0.717, 1.165) is 0 Å². The Hall–Kier alpha value is -1.40. The SMILES string of the molecule is FC(F)(F)c1nc2n(n1)CCN=C2. The molecule has 13 heavy (non-hydrogen) atoms. The van der Waals surface area contributed by atoms with Gasteiger partial charge in [-0.05, 0) is 0 Å². The van der Waals surface area contributed by atoms with Gasteiger partial charge in [0.2, 0.25) is 0 Å². The van der Waals surface area contributed by atoms with Crippen molar-refractivity contribution in [2.45, 2.75) is 12.7 Å². The monoisotopic (exact) mass is 190 g/mol. The molecule has 0 aromatic carbocycles. The molecule has 0 radical (unpaired) electrons. The van der Waals surface area contributed by atoms with Gasteiger partial charge in [0.15, 0.2) is 5.82 Å². The number of hydrogen-bond acceptors (Lipinski definition) is 3. The van der Waals surface area contributed by atoms with E-state index >= 15 is 0 Å². The quantitative estimate of drug-likeness (QED) is 0.605. The summed E-state index contributed by atoms with van der Waals surface area (Å²) in [7, 11) is 0. The van der Waals surface area contributed by atoms with Gasteiger partial charge >= 0.3 is 6.18 Å². The van der Waals surface area contributed by atoms with Crippen molar-refractivity contribution in [1.29, 1.82) is 0 Å². The summed E-state index contributed by atoms with van der Waals surface area (Å²) in [5.74, 6) is -0.936. The number of halogens is 3. The molecule has 2 rings (SSSR count). The fraction of sp³-hybridized carbons (Fsp3) is 0.500. The number of aromatic nitrogens is 3. The van der Waals surface area contributed by atoms with Crippen LogP contribution in [0.4, 0.5) is 13.2 Å². The Bertz CT molecular complexity index is 351. The summed E-state index contributed by atoms with van der Waals surface area (Å²) in [6, 6.07) is 0. The second-order valence-corrected chi connectivity index (χ2v) is 2.55. The number of alkyl halides is 3. The van der Waals surface area contributed by atoms with Gasteiger partial charge in [0.25, 0.3) is 5.82 Å². The molecule has 0 atom stereocenters. The normalized spacial score (nSPS) is 15.9. The van der Waals surface area contributed by atoms with Gasteiger partial charge in [0, 0.05) is 0 Å². The minimum Gasteiger partial charge on any atom is -0.287 e. The Morgan fingerprint density at radius 3 is 2.77 bits per heavy atom. The van der Waals surface area contributed by atoms with Crippen molar-refractivity contribution >= 4 is 6.21 Å². The highest BCUT2D eigenvalue weighted by molar-refractivity contribution is 5.75. The second kappa shape index (κ2) is 2.54. The van der Waals surface area contributed by atoms with E-state index in [1.54, 1.807) is 0 Å². The highest BCUT2D eigenvalue weighted by Gasteiger charge is 2.37. The van der Waals surface area contributed by atoms with Gasteiger partial charge in [0.1, 0.15) is 0 Å². The third-order valence-electron chi connectivity index (χ3n) is 1.60. The number of hydrogen-bond donors (Lipinski definition) is 0. The molecule has 70 valence electrons. The zero-order valence-corrected chi connectivity index (χ0v) is 6.41. The summed E-state index contributed by atoms with van der Waals surface area (Å²) >= 11 is 0. The summed E-state index contributed by atoms with van der Waals surface area (Å²) in [6.07, 6.45) is -3.18. The van der Waals surface area contributed by atoms with Crippen molar-refractivity contribution in [3.8, 4) is 0 Å². The van der Waals surface area contributed by atoms with E-state index < -0.39 is 12.0 Å². The van der Waals surface area contributed by atoms with Crippen molar-refractivity contribution in [2.75, 3.05) is 6.54 Å². The molecular weight excluding hydrogens is 185 g/mol. The molecule has 2 heterocycles. The molecule has 7 heteroatoms. The van der Waals surface area contributed by atoms with Gasteiger partial charge in [-0.3, -0.25) is 4.99 Å². The molecule has 0 bridgehead atoms. The first-order chi connectivity index (χ1) is 6.07. The largest absolute Gasteiger partial charge is 0.453 e. The highest BCUT2D eigenvalue weighted by Crippen LogP contribution is 2.26. The lowest BCUT2D eigenvalue weighted by Crippen LogP contribution is -2.13. The van der Waals surface area contributed by atoms with Crippen LogP contribution in [-0.2, 0) is 12.7 Å². The van der Waals surface area contributed by atoms with Crippen molar-refractivity contribution in [3.05, 3.63) is 11.6 Å². The first-order valence-corrected chi connectivity index (χ1v) is 3.59. The van der Waals surface area contributed by atoms with Crippen LogP contribution in [0.3, 0.4) is 0 Å². The molecule has 0 N–H and O–H groups in total. The first kappa shape index (κ1) is 8.21. The zero-order chi connectivity index (χ0) is 9.47. The average molecular weight is 190 g/mol. The highest BCUT2D eigenvalue weighted by atomic mass is 19.4. The Morgan fingerprint density at radius 1 is 1.38 bits per heavy atom. The van der Waals surface area contributed by atoms with Crippen molar-refractivity contribution in [2.24, 2.45) is 4.99 Å². The van der Waals surface area contributed by atoms with Crippen molar-refractivity contribution in [3.63, 3.8) is 0 Å². The van der Waals surface area contributed by atoms with Crippen LogP contribution in [0.1, 0.15) is 11.6 Å². The molecule has 0 saturated heterocycles. The van der Waals surface area contributed by atoms with Crippen molar-refractivity contribution < 1.29 is 13.2 Å². The lowest BCUT2D eigenvalue weighted by molar-refractivity contribution is -0.145. The average Bonchev–Trinajstić information content (AvgIpc) is 2.45. The van der Waals surface area contributed by atoms with E-state index in [2.05, 4.69) is 15.1 Å². The lowest BCUT2D eigenvalue weighted by atomic mass is 10.5. The van der Waals surface area contributed by atoms with Crippen LogP contribution in [0.15, 0.2) is 4.99 Å². The van der Waals surface area contributed by atoms with E-state index in [9.17, 15) is 13.2 Å². The van der Waals surface area contributed by atoms with Gasteiger partial charge < -0.3 is 0 Å². The minimum absolute atomic E-state index is 0.165. The Labute approximate surface area is 71.1 Å². The summed E-state index contributed by atoms with van der Waals surface area (Å²) < 4.78 is 37.5. The predicted octanol–water partition coefficient (Wildman–Crippen LogP) is 0.729. The van der Waals surface area contributed by atoms with E-state index in [1.807, 2.05) is 0 Å². The topological polar surface area (TPSA) is 43.1 Å². The molecule has 1 aliphatic rings. The maximum Gasteiger partial charge on any atom is 0.453 e. The molecule has 0 fully saturated rings. The zero-order valence-electron chi connectivity index (χ0n) is 6.41. The van der Waals surface area contributed by atoms with Gasteiger partial charge in [-0.25, -0.2) is 9.67 Å². The van der Waals surface area contributed by atoms with Crippen LogP contribution < -0.4 is 0 Å². The first-order valence-electron chi connectivity index (χ1n) is 3.59. The van der Waals surface area contributed by atoms with Crippen LogP contribution in [0.25, 0.3) is 0 Å². The standard InChI is InChI=1S/C6H5F3N4/c7-6(8,9)5-11-4-3-10-1-2-13(4)12-5/h3H,1-2H2. The maximum absolute atomic E-state index is 12.1. The number of rotatable bonds is 0. The third kappa shape index (κ3) is 1.41. The van der Waals surface area contributed by atoms with Crippen LogP contribution in [0.5, 0.6) is 0 Å². The van der Waals surface area contributed by atoms with E-state index in [-0.39, 0.29) is 5.82 Å². The van der Waals surface area contributed by atoms with E-state index in [0.29, 0.717) is 13.1 Å². The number of nitrogens with zero attached hydrogens (tertiary/aromatic N) is 4. The number of aliphatic imine (C=N–C) groups is 1. The molecule has 0 saturated carbocycles. The summed E-state index contributed by atoms with van der Waals surface area (Å²) in [4.78, 5) is 7.10. The molecule has 0 amide bonds. The molecular formula is C6H5F3N4. The summed E-state index contributed by atoms with van der Waals surface area (Å²) in [5.41, 5.74) is 0. The molecule has 0 aliphatic carbocycles. The Morgan fingerprint density at radius 2 is 2.15 bits per heavy atom. The smallest absolute Gasteiger partial charge is 0.287 e. The van der Waals surface area contributed by atoms with E-state index in [1.165, 1.54) is 10.9 Å². The van der Waals surface area contributed by atoms with Crippen molar-refractivity contribution in [1.82, 2.24) is 14.8 Å². The van der Waals surface area contributed by atoms with Gasteiger partial charge in [-0.1, -0.05) is 0 Å². The minimum atomic E-state index is -4.47. The van der Waals surface area contributed by atoms with Crippen LogP contribution in [0.2, 0.25) is 0 Å². The number of fused-ring (bicyclic) bond motifs is 1. The fourth-order valence-corrected chi connectivity index (χ4v) is 1.03. The van der Waals surface area contributed by atoms with Gasteiger partial charge in [-0.15, -0.1) is 5.10 Å². The van der Waals surface area contributed by atoms with Crippen LogP contribution >= 0.6 is 0 Å². The molecule has 1 aromatic heterocycles. The molecule has 1 aliphatic heterocycles. The van der Waals surface area contributed by atoms with Crippen LogP contribution in [0, 0.1) is 0 Å². The molecule has 1 aromatic rings. The third-order valence-corrected chi connectivity index (χ3v) is 1.60. The van der Waals surface area contributed by atoms with E-state index in [4.69, 9.17) is 0 Å². The lowest BCUT2D eigenvalue weighted by Gasteiger charge is -2.03. The fourth-order valence-electron chi connectivity index (χ4n) is 1.03. The molecule has 4 nitrogen and oxygen atoms in total. The van der Waals surface area contributed by atoms with Gasteiger partial charge in [0.05, 0.1) is 19.3 Å².